The molecular formula is C22H44O8. The summed E-state index contributed by atoms with van der Waals surface area (Å²) >= 11 is 0. The molecule has 0 radical (unpaired) electrons. The zero-order valence-electron chi connectivity index (χ0n) is 18.5. The van der Waals surface area contributed by atoms with Crippen molar-refractivity contribution in [2.75, 3.05) is 6.61 Å². The molecule has 0 aromatic heterocycles. The molecule has 30 heavy (non-hydrogen) atoms. The van der Waals surface area contributed by atoms with E-state index in [9.17, 15) is 30.3 Å². The Morgan fingerprint density at radius 1 is 0.667 bits per heavy atom. The second kappa shape index (κ2) is 19.0. The predicted molar refractivity (Wildman–Crippen MR) is 114 cm³/mol. The van der Waals surface area contributed by atoms with E-state index in [1.54, 1.807) is 0 Å². The van der Waals surface area contributed by atoms with E-state index in [4.69, 9.17) is 5.11 Å². The molecule has 0 fully saturated rings. The normalized spacial score (nSPS) is 16.6. The molecule has 0 aliphatic rings. The van der Waals surface area contributed by atoms with E-state index < -0.39 is 43.3 Å². The molecule has 8 nitrogen and oxygen atoms in total. The lowest BCUT2D eigenvalue weighted by Crippen LogP contribution is -2.50. The van der Waals surface area contributed by atoms with Crippen molar-refractivity contribution in [1.29, 1.82) is 0 Å². The van der Waals surface area contributed by atoms with Crippen LogP contribution in [0.2, 0.25) is 0 Å². The quantitative estimate of drug-likeness (QED) is 0.0961. The fraction of sp³-hybridized carbons (Fsp3) is 0.955. The third-order valence-electron chi connectivity index (χ3n) is 5.31. The van der Waals surface area contributed by atoms with Crippen molar-refractivity contribution in [2.24, 2.45) is 0 Å². The van der Waals surface area contributed by atoms with Gasteiger partial charge in [-0.2, -0.15) is 0 Å². The monoisotopic (exact) mass is 436 g/mol. The highest BCUT2D eigenvalue weighted by molar-refractivity contribution is 5.69. The van der Waals surface area contributed by atoms with Gasteiger partial charge in [-0.25, -0.2) is 0 Å². The standard InChI is InChI=1S/C22H44O8/c1-2-3-4-5-6-7-8-9-10-11-12-13-14-15-18(25)30-22(29)21(28)20(27)19(26)17(24)16-23/h17,19-24,26-29H,2-16H2,1H3/t17-,19+,20+,21+,22?/m0/s1. The summed E-state index contributed by atoms with van der Waals surface area (Å²) in [4.78, 5) is 11.7. The highest BCUT2D eigenvalue weighted by atomic mass is 16.6. The molecule has 1 unspecified atom stereocenters. The summed E-state index contributed by atoms with van der Waals surface area (Å²) in [6.45, 7) is 1.39. The van der Waals surface area contributed by atoms with E-state index in [1.165, 1.54) is 57.8 Å². The van der Waals surface area contributed by atoms with E-state index in [0.29, 0.717) is 6.42 Å². The van der Waals surface area contributed by atoms with Crippen molar-refractivity contribution in [2.45, 2.75) is 128 Å². The summed E-state index contributed by atoms with van der Waals surface area (Å²) in [7, 11) is 0. The van der Waals surface area contributed by atoms with Crippen LogP contribution >= 0.6 is 0 Å². The van der Waals surface area contributed by atoms with Crippen molar-refractivity contribution in [3.63, 3.8) is 0 Å². The molecule has 0 heterocycles. The Morgan fingerprint density at radius 2 is 1.10 bits per heavy atom. The summed E-state index contributed by atoms with van der Waals surface area (Å²) in [5, 5.41) is 56.5. The van der Waals surface area contributed by atoms with Gasteiger partial charge in [0, 0.05) is 6.42 Å². The first-order chi connectivity index (χ1) is 14.3. The van der Waals surface area contributed by atoms with Gasteiger partial charge in [-0.05, 0) is 6.42 Å². The van der Waals surface area contributed by atoms with E-state index >= 15 is 0 Å². The van der Waals surface area contributed by atoms with Gasteiger partial charge in [0.2, 0.25) is 6.29 Å². The number of esters is 1. The number of aliphatic hydroxyl groups excluding tert-OH is 6. The molecule has 0 aromatic rings. The average molecular weight is 437 g/mol. The SMILES string of the molecule is CCCCCCCCCCCCCCCC(=O)OC(O)[C@H](O)[C@H](O)[C@H](O)[C@@H](O)CO. The van der Waals surface area contributed by atoms with E-state index in [1.807, 2.05) is 0 Å². The number of carbonyl (C=O) groups excluding carboxylic acids is 1. The van der Waals surface area contributed by atoms with Gasteiger partial charge in [-0.15, -0.1) is 0 Å². The second-order valence-corrected chi connectivity index (χ2v) is 8.09. The zero-order chi connectivity index (χ0) is 22.8. The molecule has 0 rings (SSSR count). The summed E-state index contributed by atoms with van der Waals surface area (Å²) in [5.41, 5.74) is 0. The largest absolute Gasteiger partial charge is 0.433 e. The number of rotatable bonds is 20. The third-order valence-corrected chi connectivity index (χ3v) is 5.31. The number of carbonyl (C=O) groups is 1. The van der Waals surface area contributed by atoms with Crippen molar-refractivity contribution >= 4 is 5.97 Å². The maximum absolute atomic E-state index is 11.7. The predicted octanol–water partition coefficient (Wildman–Crippen LogP) is 1.77. The van der Waals surface area contributed by atoms with Crippen molar-refractivity contribution in [1.82, 2.24) is 0 Å². The van der Waals surface area contributed by atoms with Gasteiger partial charge in [-0.3, -0.25) is 4.79 Å². The highest BCUT2D eigenvalue weighted by Gasteiger charge is 2.35. The summed E-state index contributed by atoms with van der Waals surface area (Å²) in [6, 6.07) is 0. The van der Waals surface area contributed by atoms with E-state index in [-0.39, 0.29) is 6.42 Å². The smallest absolute Gasteiger partial charge is 0.308 e. The minimum absolute atomic E-state index is 0.0828. The van der Waals surface area contributed by atoms with Crippen LogP contribution in [0.1, 0.15) is 96.8 Å². The Morgan fingerprint density at radius 3 is 1.53 bits per heavy atom. The van der Waals surface area contributed by atoms with E-state index in [0.717, 1.165) is 19.3 Å². The molecule has 5 atom stereocenters. The number of unbranched alkanes of at least 4 members (excludes halogenated alkanes) is 12. The molecule has 0 aromatic carbocycles. The van der Waals surface area contributed by atoms with Crippen LogP contribution in [-0.2, 0) is 9.53 Å². The van der Waals surface area contributed by atoms with Gasteiger partial charge in [0.1, 0.15) is 24.4 Å². The number of hydrogen-bond acceptors (Lipinski definition) is 8. The fourth-order valence-electron chi connectivity index (χ4n) is 3.26. The molecular weight excluding hydrogens is 392 g/mol. The summed E-state index contributed by atoms with van der Waals surface area (Å²) < 4.78 is 4.66. The van der Waals surface area contributed by atoms with Crippen LogP contribution < -0.4 is 0 Å². The summed E-state index contributed by atoms with van der Waals surface area (Å²) in [5.74, 6) is -0.714. The van der Waals surface area contributed by atoms with Gasteiger partial charge in [-0.1, -0.05) is 84.0 Å². The Hall–Kier alpha value is -0.770. The lowest BCUT2D eigenvalue weighted by atomic mass is 10.0. The Balaban J connectivity index is 3.69. The van der Waals surface area contributed by atoms with Crippen molar-refractivity contribution in [3.05, 3.63) is 0 Å². The van der Waals surface area contributed by atoms with Crippen LogP contribution in [0.4, 0.5) is 0 Å². The van der Waals surface area contributed by atoms with Gasteiger partial charge in [0.15, 0.2) is 0 Å². The van der Waals surface area contributed by atoms with Crippen LogP contribution in [-0.4, -0.2) is 73.9 Å². The molecule has 0 spiro atoms. The van der Waals surface area contributed by atoms with Crippen LogP contribution in [0.25, 0.3) is 0 Å². The minimum atomic E-state index is -2.03. The Kier molecular flexibility index (Phi) is 18.5. The molecule has 8 heteroatoms. The molecule has 0 saturated heterocycles. The molecule has 6 N–H and O–H groups in total. The van der Waals surface area contributed by atoms with Crippen LogP contribution in [0.5, 0.6) is 0 Å². The zero-order valence-corrected chi connectivity index (χ0v) is 18.5. The fourth-order valence-corrected chi connectivity index (χ4v) is 3.26. The van der Waals surface area contributed by atoms with E-state index in [2.05, 4.69) is 11.7 Å². The highest BCUT2D eigenvalue weighted by Crippen LogP contribution is 2.14. The lowest BCUT2D eigenvalue weighted by Gasteiger charge is -2.28. The van der Waals surface area contributed by atoms with Crippen LogP contribution in [0.15, 0.2) is 0 Å². The van der Waals surface area contributed by atoms with Crippen molar-refractivity contribution < 1.29 is 40.2 Å². The number of ether oxygens (including phenoxy) is 1. The maximum atomic E-state index is 11.7. The maximum Gasteiger partial charge on any atom is 0.308 e. The number of hydrogen-bond donors (Lipinski definition) is 6. The first-order valence-corrected chi connectivity index (χ1v) is 11.6. The van der Waals surface area contributed by atoms with Gasteiger partial charge in [0.05, 0.1) is 6.61 Å². The van der Waals surface area contributed by atoms with Gasteiger partial charge < -0.3 is 35.4 Å². The molecule has 0 aliphatic heterocycles. The molecule has 0 aliphatic carbocycles. The van der Waals surface area contributed by atoms with Gasteiger partial charge in [0.25, 0.3) is 0 Å². The topological polar surface area (TPSA) is 148 Å². The second-order valence-electron chi connectivity index (χ2n) is 8.09. The first-order valence-electron chi connectivity index (χ1n) is 11.6. The Bertz CT molecular complexity index is 407. The third kappa shape index (κ3) is 14.3. The Labute approximate surface area is 180 Å². The van der Waals surface area contributed by atoms with Crippen LogP contribution in [0, 0.1) is 0 Å². The van der Waals surface area contributed by atoms with Crippen molar-refractivity contribution in [3.8, 4) is 0 Å². The molecule has 180 valence electrons. The van der Waals surface area contributed by atoms with Gasteiger partial charge >= 0.3 is 5.97 Å². The molecule has 0 amide bonds. The molecule has 0 saturated carbocycles. The first kappa shape index (κ1) is 29.2. The summed E-state index contributed by atoms with van der Waals surface area (Å²) in [6.07, 6.45) is 5.82. The number of aliphatic hydroxyl groups is 6. The van der Waals surface area contributed by atoms with Crippen LogP contribution in [0.3, 0.4) is 0 Å². The average Bonchev–Trinajstić information content (AvgIpc) is 2.74. The minimum Gasteiger partial charge on any atom is -0.433 e. The lowest BCUT2D eigenvalue weighted by molar-refractivity contribution is -0.213. The molecule has 0 bridgehead atoms.